The smallest absolute Gasteiger partial charge is 0.268 e. The van der Waals surface area contributed by atoms with Gasteiger partial charge in [-0.05, 0) is 32.9 Å². The van der Waals surface area contributed by atoms with E-state index in [0.29, 0.717) is 12.5 Å². The number of aromatic nitrogens is 1. The van der Waals surface area contributed by atoms with Crippen molar-refractivity contribution in [3.63, 3.8) is 0 Å². The minimum atomic E-state index is -0.0115. The Morgan fingerprint density at radius 3 is 2.95 bits per heavy atom. The van der Waals surface area contributed by atoms with Crippen LogP contribution in [0.15, 0.2) is 22.8 Å². The molecule has 3 rings (SSSR count). The molecule has 2 aromatic heterocycles. The van der Waals surface area contributed by atoms with Crippen molar-refractivity contribution in [2.75, 3.05) is 27.2 Å². The fourth-order valence-electron chi connectivity index (χ4n) is 2.78. The molecule has 0 spiro atoms. The molecule has 1 aliphatic carbocycles. The normalized spacial score (nSPS) is 15.6. The zero-order valence-electron chi connectivity index (χ0n) is 12.8. The van der Waals surface area contributed by atoms with Crippen LogP contribution in [0.3, 0.4) is 0 Å². The first-order chi connectivity index (χ1) is 10.1. The molecule has 0 aliphatic heterocycles. The lowest BCUT2D eigenvalue weighted by Gasteiger charge is -2.26. The number of hydrogen-bond donors (Lipinski definition) is 1. The van der Waals surface area contributed by atoms with Gasteiger partial charge in [-0.15, -0.1) is 0 Å². The van der Waals surface area contributed by atoms with E-state index in [1.54, 1.807) is 6.26 Å². The van der Waals surface area contributed by atoms with Crippen molar-refractivity contribution in [1.82, 2.24) is 14.8 Å². The summed E-state index contributed by atoms with van der Waals surface area (Å²) in [5.41, 5.74) is 2.54. The Morgan fingerprint density at radius 1 is 1.48 bits per heavy atom. The molecular formula is C16H23N3O2. The van der Waals surface area contributed by atoms with Crippen LogP contribution in [0.2, 0.25) is 0 Å². The number of amides is 1. The second-order valence-electron chi connectivity index (χ2n) is 6.17. The first-order valence-electron chi connectivity index (χ1n) is 7.65. The van der Waals surface area contributed by atoms with Crippen molar-refractivity contribution in [2.45, 2.75) is 25.8 Å². The molecule has 114 valence electrons. The zero-order chi connectivity index (χ0) is 14.8. The summed E-state index contributed by atoms with van der Waals surface area (Å²) in [5, 5.41) is 2.99. The van der Waals surface area contributed by atoms with Gasteiger partial charge in [-0.25, -0.2) is 0 Å². The number of furan rings is 1. The highest BCUT2D eigenvalue weighted by atomic mass is 16.3. The molecular weight excluding hydrogens is 266 g/mol. The van der Waals surface area contributed by atoms with Crippen LogP contribution in [0, 0.1) is 5.92 Å². The molecule has 2 aromatic rings. The summed E-state index contributed by atoms with van der Waals surface area (Å²) in [4.78, 5) is 14.5. The van der Waals surface area contributed by atoms with Crippen LogP contribution >= 0.6 is 0 Å². The molecule has 21 heavy (non-hydrogen) atoms. The average molecular weight is 289 g/mol. The van der Waals surface area contributed by atoms with Crippen LogP contribution in [0.1, 0.15) is 29.8 Å². The topological polar surface area (TPSA) is 50.4 Å². The second-order valence-corrected chi connectivity index (χ2v) is 6.17. The highest BCUT2D eigenvalue weighted by Crippen LogP contribution is 2.31. The van der Waals surface area contributed by atoms with E-state index in [-0.39, 0.29) is 5.91 Å². The summed E-state index contributed by atoms with van der Waals surface area (Å²) in [6.07, 6.45) is 5.53. The Labute approximate surface area is 124 Å². The molecule has 5 nitrogen and oxygen atoms in total. The van der Waals surface area contributed by atoms with Crippen LogP contribution < -0.4 is 5.32 Å². The van der Waals surface area contributed by atoms with Crippen LogP contribution in [0.4, 0.5) is 0 Å². The SMILES string of the molecule is CN(C)CCNC(=O)c1cc2occc2n1CC1CCC1. The number of carbonyl (C=O) groups excluding carboxylic acids is 1. The maximum absolute atomic E-state index is 12.4. The molecule has 2 heterocycles. The predicted molar refractivity (Wildman–Crippen MR) is 82.4 cm³/mol. The number of nitrogens with one attached hydrogen (secondary N) is 1. The maximum atomic E-state index is 12.4. The fraction of sp³-hybridized carbons (Fsp3) is 0.562. The molecule has 1 aliphatic rings. The largest absolute Gasteiger partial charge is 0.463 e. The van der Waals surface area contributed by atoms with Gasteiger partial charge in [-0.3, -0.25) is 4.79 Å². The lowest BCUT2D eigenvalue weighted by Crippen LogP contribution is -2.33. The van der Waals surface area contributed by atoms with Gasteiger partial charge in [0, 0.05) is 31.8 Å². The van der Waals surface area contributed by atoms with Crippen LogP contribution in [0.5, 0.6) is 0 Å². The Hall–Kier alpha value is -1.75. The van der Waals surface area contributed by atoms with Gasteiger partial charge in [0.25, 0.3) is 5.91 Å². The highest BCUT2D eigenvalue weighted by Gasteiger charge is 2.23. The summed E-state index contributed by atoms with van der Waals surface area (Å²) in [6, 6.07) is 3.81. The molecule has 1 N–H and O–H groups in total. The van der Waals surface area contributed by atoms with Crippen LogP contribution in [0.25, 0.3) is 11.1 Å². The zero-order valence-corrected chi connectivity index (χ0v) is 12.8. The lowest BCUT2D eigenvalue weighted by molar-refractivity contribution is 0.0939. The Bertz CT molecular complexity index is 623. The first-order valence-corrected chi connectivity index (χ1v) is 7.65. The van der Waals surface area contributed by atoms with E-state index >= 15 is 0 Å². The van der Waals surface area contributed by atoms with E-state index < -0.39 is 0 Å². The van der Waals surface area contributed by atoms with E-state index in [2.05, 4.69) is 14.8 Å². The first kappa shape index (κ1) is 14.2. The standard InChI is InChI=1S/C16H23N3O2/c1-18(2)8-7-17-16(20)14-10-15-13(6-9-21-15)19(14)11-12-4-3-5-12/h6,9-10,12H,3-5,7-8,11H2,1-2H3,(H,17,20). The third kappa shape index (κ3) is 2.97. The molecule has 0 unspecified atom stereocenters. The summed E-state index contributed by atoms with van der Waals surface area (Å²) in [7, 11) is 4.00. The number of hydrogen-bond acceptors (Lipinski definition) is 3. The predicted octanol–water partition coefficient (Wildman–Crippen LogP) is 2.33. The van der Waals surface area contributed by atoms with Crippen molar-refractivity contribution < 1.29 is 9.21 Å². The average Bonchev–Trinajstić information content (AvgIpc) is 2.94. The van der Waals surface area contributed by atoms with Gasteiger partial charge in [0.2, 0.25) is 0 Å². The van der Waals surface area contributed by atoms with Gasteiger partial charge in [0.05, 0.1) is 11.8 Å². The van der Waals surface area contributed by atoms with E-state index in [1.165, 1.54) is 19.3 Å². The Kier molecular flexibility index (Phi) is 4.01. The number of fused-ring (bicyclic) bond motifs is 1. The maximum Gasteiger partial charge on any atom is 0.268 e. The molecule has 1 amide bonds. The van der Waals surface area contributed by atoms with Gasteiger partial charge < -0.3 is 19.2 Å². The molecule has 0 radical (unpaired) electrons. The van der Waals surface area contributed by atoms with Crippen LogP contribution in [-0.4, -0.2) is 42.6 Å². The van der Waals surface area contributed by atoms with Crippen molar-refractivity contribution in [1.29, 1.82) is 0 Å². The summed E-state index contributed by atoms with van der Waals surface area (Å²) in [5.74, 6) is 0.686. The second kappa shape index (κ2) is 5.93. The van der Waals surface area contributed by atoms with Crippen LogP contribution in [-0.2, 0) is 6.54 Å². The number of rotatable bonds is 6. The molecule has 1 fully saturated rings. The minimum absolute atomic E-state index is 0.0115. The summed E-state index contributed by atoms with van der Waals surface area (Å²) < 4.78 is 7.57. The van der Waals surface area contributed by atoms with Gasteiger partial charge in [0.1, 0.15) is 5.69 Å². The molecule has 0 bridgehead atoms. The molecule has 0 atom stereocenters. The number of carbonyl (C=O) groups is 1. The summed E-state index contributed by atoms with van der Waals surface area (Å²) in [6.45, 7) is 2.41. The van der Waals surface area contributed by atoms with Crippen molar-refractivity contribution in [2.24, 2.45) is 5.92 Å². The third-order valence-corrected chi connectivity index (χ3v) is 4.27. The van der Waals surface area contributed by atoms with E-state index in [9.17, 15) is 4.79 Å². The van der Waals surface area contributed by atoms with E-state index in [4.69, 9.17) is 4.42 Å². The van der Waals surface area contributed by atoms with Gasteiger partial charge in [-0.1, -0.05) is 6.42 Å². The Morgan fingerprint density at radius 2 is 2.29 bits per heavy atom. The molecule has 0 aromatic carbocycles. The molecule has 0 saturated heterocycles. The van der Waals surface area contributed by atoms with Crippen molar-refractivity contribution >= 4 is 17.0 Å². The monoisotopic (exact) mass is 289 g/mol. The fourth-order valence-corrected chi connectivity index (χ4v) is 2.78. The Balaban J connectivity index is 1.77. The number of likely N-dealkylation sites (N-methyl/N-ethyl adjacent to an activating group) is 1. The molecule has 5 heteroatoms. The summed E-state index contributed by atoms with van der Waals surface area (Å²) >= 11 is 0. The van der Waals surface area contributed by atoms with Gasteiger partial charge in [-0.2, -0.15) is 0 Å². The quantitative estimate of drug-likeness (QED) is 0.888. The third-order valence-electron chi connectivity index (χ3n) is 4.27. The van der Waals surface area contributed by atoms with Gasteiger partial charge >= 0.3 is 0 Å². The van der Waals surface area contributed by atoms with Crippen molar-refractivity contribution in [3.05, 3.63) is 24.1 Å². The number of nitrogens with zero attached hydrogens (tertiary/aromatic N) is 2. The van der Waals surface area contributed by atoms with Crippen molar-refractivity contribution in [3.8, 4) is 0 Å². The van der Waals surface area contributed by atoms with E-state index in [0.717, 1.165) is 29.9 Å². The van der Waals surface area contributed by atoms with E-state index in [1.807, 2.05) is 26.2 Å². The lowest BCUT2D eigenvalue weighted by atomic mass is 9.85. The minimum Gasteiger partial charge on any atom is -0.463 e. The molecule has 1 saturated carbocycles. The van der Waals surface area contributed by atoms with Gasteiger partial charge in [0.15, 0.2) is 5.58 Å². The highest BCUT2D eigenvalue weighted by molar-refractivity contribution is 5.97.